The minimum atomic E-state index is -0.367. The van der Waals surface area contributed by atoms with Crippen molar-refractivity contribution in [3.8, 4) is 0 Å². The second kappa shape index (κ2) is 5.35. The topological polar surface area (TPSA) is 34.9 Å². The molecule has 1 aromatic carbocycles. The van der Waals surface area contributed by atoms with Crippen LogP contribution in [0.1, 0.15) is 22.3 Å². The van der Waals surface area contributed by atoms with E-state index in [0.29, 0.717) is 6.54 Å². The molecule has 0 aliphatic carbocycles. The number of halogens is 2. The van der Waals surface area contributed by atoms with Crippen molar-refractivity contribution in [3.05, 3.63) is 61.0 Å². The molecule has 0 radical (unpaired) electrons. The van der Waals surface area contributed by atoms with E-state index in [9.17, 15) is 4.79 Å². The van der Waals surface area contributed by atoms with Gasteiger partial charge in [0.1, 0.15) is 5.02 Å². The Morgan fingerprint density at radius 1 is 1.16 bits per heavy atom. The van der Waals surface area contributed by atoms with Crippen LogP contribution in [0, 0.1) is 20.8 Å². The van der Waals surface area contributed by atoms with Gasteiger partial charge in [0, 0.05) is 0 Å². The van der Waals surface area contributed by atoms with Crippen LogP contribution in [-0.2, 0) is 6.54 Å². The number of nitrogens with zero attached hydrogens (tertiary/aromatic N) is 2. The highest BCUT2D eigenvalue weighted by Crippen LogP contribution is 2.18. The largest absolute Gasteiger partial charge is 0.287 e. The molecule has 0 aliphatic rings. The molecular weight excluding hydrogens is 283 g/mol. The molecule has 2 aromatic rings. The van der Waals surface area contributed by atoms with Gasteiger partial charge in [-0.1, -0.05) is 40.9 Å². The molecular formula is C14H14Cl2N2O. The molecule has 0 spiro atoms. The summed E-state index contributed by atoms with van der Waals surface area (Å²) < 4.78 is 1.33. The normalized spacial score (nSPS) is 10.8. The van der Waals surface area contributed by atoms with Gasteiger partial charge in [-0.05, 0) is 37.5 Å². The van der Waals surface area contributed by atoms with Crippen molar-refractivity contribution < 1.29 is 0 Å². The first-order valence-corrected chi connectivity index (χ1v) is 6.63. The van der Waals surface area contributed by atoms with Gasteiger partial charge in [0.05, 0.1) is 17.8 Å². The number of aromatic nitrogens is 2. The van der Waals surface area contributed by atoms with Crippen LogP contribution in [0.15, 0.2) is 23.1 Å². The van der Waals surface area contributed by atoms with E-state index in [4.69, 9.17) is 23.2 Å². The Morgan fingerprint density at radius 2 is 1.74 bits per heavy atom. The Balaban J connectivity index is 2.48. The number of hydrogen-bond donors (Lipinski definition) is 0. The van der Waals surface area contributed by atoms with Crippen LogP contribution in [0.3, 0.4) is 0 Å². The number of hydrogen-bond acceptors (Lipinski definition) is 2. The van der Waals surface area contributed by atoms with E-state index in [2.05, 4.69) is 17.2 Å². The third kappa shape index (κ3) is 2.82. The standard InChI is InChI=1S/C14H14Cl2N2O/c1-8-4-9(2)11(10(3)5-8)7-18-14(19)13(16)12(15)6-17-18/h4-6H,7H2,1-3H3. The molecule has 3 nitrogen and oxygen atoms in total. The second-order valence-electron chi connectivity index (χ2n) is 4.65. The summed E-state index contributed by atoms with van der Waals surface area (Å²) in [6, 6.07) is 4.18. The van der Waals surface area contributed by atoms with Gasteiger partial charge in [-0.3, -0.25) is 4.79 Å². The molecule has 0 bridgehead atoms. The lowest BCUT2D eigenvalue weighted by Crippen LogP contribution is -2.24. The molecule has 19 heavy (non-hydrogen) atoms. The zero-order valence-corrected chi connectivity index (χ0v) is 12.5. The van der Waals surface area contributed by atoms with E-state index < -0.39 is 0 Å². The highest BCUT2D eigenvalue weighted by molar-refractivity contribution is 6.41. The summed E-state index contributed by atoms with van der Waals surface area (Å²) in [4.78, 5) is 12.0. The third-order valence-electron chi connectivity index (χ3n) is 3.09. The summed E-state index contributed by atoms with van der Waals surface area (Å²) in [5, 5.41) is 4.22. The Labute approximate surface area is 121 Å². The monoisotopic (exact) mass is 296 g/mol. The summed E-state index contributed by atoms with van der Waals surface area (Å²) >= 11 is 11.6. The average Bonchev–Trinajstić information content (AvgIpc) is 2.33. The molecule has 0 unspecified atom stereocenters. The van der Waals surface area contributed by atoms with Crippen LogP contribution in [0.4, 0.5) is 0 Å². The predicted molar refractivity (Wildman–Crippen MR) is 78.3 cm³/mol. The van der Waals surface area contributed by atoms with E-state index in [0.717, 1.165) is 16.7 Å². The van der Waals surface area contributed by atoms with E-state index >= 15 is 0 Å². The first-order chi connectivity index (χ1) is 8.90. The number of benzene rings is 1. The van der Waals surface area contributed by atoms with Crippen molar-refractivity contribution in [1.29, 1.82) is 0 Å². The Bertz CT molecular complexity index is 669. The first kappa shape index (κ1) is 14.1. The van der Waals surface area contributed by atoms with Crippen LogP contribution in [0.25, 0.3) is 0 Å². The smallest absolute Gasteiger partial charge is 0.266 e. The summed E-state index contributed by atoms with van der Waals surface area (Å²) in [7, 11) is 0. The van der Waals surface area contributed by atoms with Crippen LogP contribution < -0.4 is 5.56 Å². The molecule has 100 valence electrons. The lowest BCUT2D eigenvalue weighted by Gasteiger charge is -2.12. The highest BCUT2D eigenvalue weighted by atomic mass is 35.5. The molecule has 0 N–H and O–H groups in total. The van der Waals surface area contributed by atoms with Crippen LogP contribution in [-0.4, -0.2) is 9.78 Å². The molecule has 0 fully saturated rings. The summed E-state index contributed by atoms with van der Waals surface area (Å²) in [6.07, 6.45) is 1.39. The van der Waals surface area contributed by atoms with Gasteiger partial charge >= 0.3 is 0 Å². The number of rotatable bonds is 2. The molecule has 0 saturated heterocycles. The van der Waals surface area contributed by atoms with Gasteiger partial charge < -0.3 is 0 Å². The molecule has 1 aromatic heterocycles. The van der Waals surface area contributed by atoms with Crippen molar-refractivity contribution in [2.45, 2.75) is 27.3 Å². The van der Waals surface area contributed by atoms with Gasteiger partial charge in [0.25, 0.3) is 5.56 Å². The van der Waals surface area contributed by atoms with Crippen molar-refractivity contribution >= 4 is 23.2 Å². The van der Waals surface area contributed by atoms with E-state index in [1.165, 1.54) is 16.4 Å². The van der Waals surface area contributed by atoms with E-state index in [-0.39, 0.29) is 15.6 Å². The molecule has 1 heterocycles. The summed E-state index contributed by atoms with van der Waals surface area (Å²) in [6.45, 7) is 6.50. The zero-order chi connectivity index (χ0) is 14.2. The SMILES string of the molecule is Cc1cc(C)c(Cn2ncc(Cl)c(Cl)c2=O)c(C)c1. The quantitative estimate of drug-likeness (QED) is 0.850. The van der Waals surface area contributed by atoms with E-state index in [1.54, 1.807) is 0 Å². The Hall–Kier alpha value is -1.32. The lowest BCUT2D eigenvalue weighted by atomic mass is 10.00. The van der Waals surface area contributed by atoms with Gasteiger partial charge in [-0.25, -0.2) is 4.68 Å². The van der Waals surface area contributed by atoms with Crippen molar-refractivity contribution in [1.82, 2.24) is 9.78 Å². The molecule has 0 saturated carbocycles. The fourth-order valence-electron chi connectivity index (χ4n) is 2.17. The van der Waals surface area contributed by atoms with Crippen LogP contribution >= 0.6 is 23.2 Å². The second-order valence-corrected chi connectivity index (χ2v) is 5.43. The first-order valence-electron chi connectivity index (χ1n) is 5.88. The van der Waals surface area contributed by atoms with Gasteiger partial charge in [0.2, 0.25) is 0 Å². The van der Waals surface area contributed by atoms with Gasteiger partial charge in [-0.15, -0.1) is 0 Å². The minimum absolute atomic E-state index is 0.0130. The fourth-order valence-corrected chi connectivity index (χ4v) is 2.44. The molecule has 0 amide bonds. The average molecular weight is 297 g/mol. The maximum atomic E-state index is 12.0. The highest BCUT2D eigenvalue weighted by Gasteiger charge is 2.10. The maximum Gasteiger partial charge on any atom is 0.287 e. The molecule has 5 heteroatoms. The molecule has 0 aliphatic heterocycles. The third-order valence-corrected chi connectivity index (χ3v) is 3.84. The molecule has 2 rings (SSSR count). The van der Waals surface area contributed by atoms with Crippen molar-refractivity contribution in [2.24, 2.45) is 0 Å². The summed E-state index contributed by atoms with van der Waals surface area (Å²) in [5.74, 6) is 0. The Morgan fingerprint density at radius 3 is 2.32 bits per heavy atom. The number of aryl methyl sites for hydroxylation is 3. The Kier molecular flexibility index (Phi) is 3.97. The maximum absolute atomic E-state index is 12.0. The van der Waals surface area contributed by atoms with Crippen molar-refractivity contribution in [3.63, 3.8) is 0 Å². The zero-order valence-electron chi connectivity index (χ0n) is 11.0. The van der Waals surface area contributed by atoms with Gasteiger partial charge in [0.15, 0.2) is 0 Å². The molecule has 0 atom stereocenters. The summed E-state index contributed by atoms with van der Waals surface area (Å²) in [5.41, 5.74) is 4.19. The van der Waals surface area contributed by atoms with E-state index in [1.807, 2.05) is 20.8 Å². The van der Waals surface area contributed by atoms with Crippen LogP contribution in [0.2, 0.25) is 10.0 Å². The van der Waals surface area contributed by atoms with Gasteiger partial charge in [-0.2, -0.15) is 5.10 Å². The van der Waals surface area contributed by atoms with Crippen molar-refractivity contribution in [2.75, 3.05) is 0 Å². The lowest BCUT2D eigenvalue weighted by molar-refractivity contribution is 0.634. The van der Waals surface area contributed by atoms with Crippen LogP contribution in [0.5, 0.6) is 0 Å². The fraction of sp³-hybridized carbons (Fsp3) is 0.286. The predicted octanol–water partition coefficient (Wildman–Crippen LogP) is 3.52. The minimum Gasteiger partial charge on any atom is -0.266 e.